The van der Waals surface area contributed by atoms with Crippen molar-refractivity contribution in [3.63, 3.8) is 0 Å². The molecule has 2 aliphatic carbocycles. The summed E-state index contributed by atoms with van der Waals surface area (Å²) in [5, 5.41) is 2.55. The second-order valence-corrected chi connectivity index (χ2v) is 22.1. The summed E-state index contributed by atoms with van der Waals surface area (Å²) in [6.07, 6.45) is 0. The van der Waals surface area contributed by atoms with Crippen LogP contribution in [0, 0.1) is 0 Å². The lowest BCUT2D eigenvalue weighted by atomic mass is 9.65. The molecular weight excluding hydrogens is 989 g/mol. The third-order valence-corrected chi connectivity index (χ3v) is 18.3. The van der Waals surface area contributed by atoms with Crippen LogP contribution in [0.5, 0.6) is 0 Å². The summed E-state index contributed by atoms with van der Waals surface area (Å²) in [6.45, 7) is 0. The van der Waals surface area contributed by atoms with E-state index < -0.39 is 10.8 Å². The van der Waals surface area contributed by atoms with Gasteiger partial charge < -0.3 is 9.47 Å². The Bertz CT molecular complexity index is 4840. The quantitative estimate of drug-likeness (QED) is 0.147. The first kappa shape index (κ1) is 46.4. The van der Waals surface area contributed by atoms with Crippen molar-refractivity contribution in [2.24, 2.45) is 0 Å². The third kappa shape index (κ3) is 6.29. The third-order valence-electron chi connectivity index (χ3n) is 18.3. The zero-order valence-electron chi connectivity index (χ0n) is 44.9. The number of para-hydroxylation sites is 5. The predicted molar refractivity (Wildman–Crippen MR) is 340 cm³/mol. The molecule has 0 saturated carbocycles. The molecule has 0 N–H and O–H groups in total. The van der Waals surface area contributed by atoms with Gasteiger partial charge in [0.15, 0.2) is 0 Å². The van der Waals surface area contributed by atoms with Crippen LogP contribution in [-0.4, -0.2) is 4.57 Å². The Morgan fingerprint density at radius 2 is 0.744 bits per heavy atom. The van der Waals surface area contributed by atoms with Crippen molar-refractivity contribution < 1.29 is 0 Å². The van der Waals surface area contributed by atoms with Crippen LogP contribution < -0.4 is 4.90 Å². The highest BCUT2D eigenvalue weighted by Gasteiger charge is 2.51. The first-order valence-corrected chi connectivity index (χ1v) is 28.6. The highest BCUT2D eigenvalue weighted by molar-refractivity contribution is 6.13. The van der Waals surface area contributed by atoms with Gasteiger partial charge in [-0.3, -0.25) is 0 Å². The normalized spacial score (nSPS) is 14.7. The minimum absolute atomic E-state index is 0.594. The molecule has 0 bridgehead atoms. The molecule has 2 heteroatoms. The number of benzene rings is 13. The van der Waals surface area contributed by atoms with Gasteiger partial charge in [-0.15, -0.1) is 0 Å². The molecule has 14 aromatic rings. The number of hydrogen-bond acceptors (Lipinski definition) is 1. The lowest BCUT2D eigenvalue weighted by molar-refractivity contribution is 0.749. The number of hydrogen-bond donors (Lipinski definition) is 0. The van der Waals surface area contributed by atoms with Crippen LogP contribution in [0.2, 0.25) is 0 Å². The molecule has 1 aliphatic heterocycles. The van der Waals surface area contributed by atoms with E-state index in [4.69, 9.17) is 0 Å². The summed E-state index contributed by atoms with van der Waals surface area (Å²) in [5.41, 5.74) is 28.0. The highest BCUT2D eigenvalue weighted by atomic mass is 15.2. The Balaban J connectivity index is 0.958. The van der Waals surface area contributed by atoms with E-state index in [9.17, 15) is 0 Å². The van der Waals surface area contributed by atoms with Crippen LogP contribution in [0.1, 0.15) is 44.5 Å². The van der Waals surface area contributed by atoms with E-state index in [0.717, 1.165) is 33.8 Å². The van der Waals surface area contributed by atoms with Gasteiger partial charge >= 0.3 is 0 Å². The fourth-order valence-electron chi connectivity index (χ4n) is 15.2. The summed E-state index contributed by atoms with van der Waals surface area (Å²) < 4.78 is 2.53. The van der Waals surface area contributed by atoms with Gasteiger partial charge in [0.05, 0.1) is 44.6 Å². The van der Waals surface area contributed by atoms with E-state index >= 15 is 0 Å². The molecule has 17 rings (SSSR count). The zero-order valence-corrected chi connectivity index (χ0v) is 44.9. The average Bonchev–Trinajstić information content (AvgIpc) is 1.95. The Hall–Kier alpha value is -10.5. The molecule has 1 aromatic heterocycles. The monoisotopic (exact) mass is 1040 g/mol. The molecular formula is C80H52N2. The topological polar surface area (TPSA) is 8.17 Å². The Kier molecular flexibility index (Phi) is 10.2. The molecule has 0 fully saturated rings. The molecule has 1 atom stereocenters. The summed E-state index contributed by atoms with van der Waals surface area (Å²) in [5.74, 6) is 0. The second-order valence-electron chi connectivity index (χ2n) is 22.1. The van der Waals surface area contributed by atoms with Crippen LogP contribution in [0.25, 0.3) is 83.1 Å². The number of anilines is 3. The van der Waals surface area contributed by atoms with Crippen molar-refractivity contribution in [3.8, 4) is 61.3 Å². The molecule has 2 nitrogen and oxygen atoms in total. The first-order valence-electron chi connectivity index (χ1n) is 28.6. The minimum Gasteiger partial charge on any atom is -0.309 e. The smallest absolute Gasteiger partial charge is 0.0754 e. The van der Waals surface area contributed by atoms with Crippen molar-refractivity contribution in [3.05, 3.63) is 360 Å². The summed E-state index contributed by atoms with van der Waals surface area (Å²) in [6, 6.07) is 118. The fourth-order valence-corrected chi connectivity index (χ4v) is 15.2. The maximum atomic E-state index is 2.60. The van der Waals surface area contributed by atoms with Crippen LogP contribution >= 0.6 is 0 Å². The molecule has 3 aliphatic rings. The van der Waals surface area contributed by atoms with Gasteiger partial charge in [-0.25, -0.2) is 0 Å². The van der Waals surface area contributed by atoms with E-state index in [1.807, 2.05) is 0 Å². The number of fused-ring (bicyclic) bond motifs is 15. The largest absolute Gasteiger partial charge is 0.309 e. The molecule has 2 heterocycles. The molecule has 0 radical (unpaired) electrons. The van der Waals surface area contributed by atoms with Gasteiger partial charge in [-0.2, -0.15) is 0 Å². The van der Waals surface area contributed by atoms with Crippen molar-refractivity contribution in [1.29, 1.82) is 0 Å². The van der Waals surface area contributed by atoms with E-state index in [1.54, 1.807) is 0 Å². The van der Waals surface area contributed by atoms with E-state index in [-0.39, 0.29) is 0 Å². The van der Waals surface area contributed by atoms with E-state index in [0.29, 0.717) is 0 Å². The Morgan fingerprint density at radius 1 is 0.256 bits per heavy atom. The van der Waals surface area contributed by atoms with Gasteiger partial charge in [-0.1, -0.05) is 279 Å². The van der Waals surface area contributed by atoms with Crippen LogP contribution in [-0.2, 0) is 10.8 Å². The van der Waals surface area contributed by atoms with Crippen LogP contribution in [0.3, 0.4) is 0 Å². The van der Waals surface area contributed by atoms with Gasteiger partial charge in [0, 0.05) is 27.5 Å². The molecule has 1 unspecified atom stereocenters. The van der Waals surface area contributed by atoms with Crippen molar-refractivity contribution >= 4 is 38.9 Å². The van der Waals surface area contributed by atoms with E-state index in [2.05, 4.69) is 325 Å². The molecule has 1 spiro atoms. The average molecular weight is 1040 g/mol. The Morgan fingerprint density at radius 3 is 1.49 bits per heavy atom. The lowest BCUT2D eigenvalue weighted by Gasteiger charge is -2.39. The summed E-state index contributed by atoms with van der Waals surface area (Å²) in [4.78, 5) is 2.60. The molecule has 0 amide bonds. The Labute approximate surface area is 477 Å². The van der Waals surface area contributed by atoms with Gasteiger partial charge in [0.25, 0.3) is 0 Å². The number of aromatic nitrogens is 1. The predicted octanol–water partition coefficient (Wildman–Crippen LogP) is 20.3. The van der Waals surface area contributed by atoms with Crippen LogP contribution in [0.15, 0.2) is 315 Å². The lowest BCUT2D eigenvalue weighted by Crippen LogP contribution is -2.33. The van der Waals surface area contributed by atoms with Crippen molar-refractivity contribution in [1.82, 2.24) is 4.57 Å². The fraction of sp³-hybridized carbons (Fsp3) is 0.0250. The minimum atomic E-state index is -0.604. The number of nitrogens with zero attached hydrogens (tertiary/aromatic N) is 2. The first-order chi connectivity index (χ1) is 40.7. The SMILES string of the molecule is c1ccc(-c2ccccc2-c2ccccc2N(c2ccccc2-c2ccc3c(c2)C2(c4ccccc4-3)c3ccccc3-n3c4ccccc4c4cccc2c43)c2cccc3c2-c2ccccc2C3(c2ccccc2)c2ccccc2)cc1. The van der Waals surface area contributed by atoms with E-state index in [1.165, 1.54) is 111 Å². The standard InChI is InChI=1S/C80H52N2/c1-4-26-53(27-5-1)57-32-10-11-34-59(57)62-36-15-21-46-73(62)81(76-49-25-43-69-77(76)65-38-13-18-41-67(65)79(69,55-28-6-2-7-29-55)56-30-8-3-9-31-56)72-45-20-14-33-58(72)54-50-51-61-60-35-12-17-40-66(60)80(71(61)52-54)68-42-19-23-48-75(68)82-74-47-22-16-37-63(74)64-39-24-44-70(80)78(64)82/h1-52H. The van der Waals surface area contributed by atoms with Crippen molar-refractivity contribution in [2.75, 3.05) is 4.90 Å². The maximum absolute atomic E-state index is 2.60. The maximum Gasteiger partial charge on any atom is 0.0754 e. The van der Waals surface area contributed by atoms with Gasteiger partial charge in [0.2, 0.25) is 0 Å². The summed E-state index contributed by atoms with van der Waals surface area (Å²) >= 11 is 0. The van der Waals surface area contributed by atoms with Gasteiger partial charge in [-0.05, 0) is 120 Å². The zero-order chi connectivity index (χ0) is 53.9. The molecule has 0 saturated heterocycles. The van der Waals surface area contributed by atoms with Gasteiger partial charge in [0.1, 0.15) is 0 Å². The van der Waals surface area contributed by atoms with Crippen LogP contribution in [0.4, 0.5) is 17.1 Å². The highest BCUT2D eigenvalue weighted by Crippen LogP contribution is 2.63. The second kappa shape index (κ2) is 18.0. The molecule has 382 valence electrons. The molecule has 13 aromatic carbocycles. The summed E-state index contributed by atoms with van der Waals surface area (Å²) in [7, 11) is 0. The molecule has 82 heavy (non-hydrogen) atoms. The number of rotatable bonds is 8. The van der Waals surface area contributed by atoms with Crippen molar-refractivity contribution in [2.45, 2.75) is 10.8 Å².